The Morgan fingerprint density at radius 3 is 2.84 bits per heavy atom. The summed E-state index contributed by atoms with van der Waals surface area (Å²) in [4.78, 5) is 30.4. The molecule has 3 heterocycles. The molecular weight excluding hydrogens is 442 g/mol. The van der Waals surface area contributed by atoms with Crippen LogP contribution in [0.15, 0.2) is 21.7 Å². The third-order valence-corrected chi connectivity index (χ3v) is 7.24. The van der Waals surface area contributed by atoms with Crippen molar-refractivity contribution in [3.63, 3.8) is 0 Å². The van der Waals surface area contributed by atoms with Crippen molar-refractivity contribution in [3.8, 4) is 0 Å². The zero-order valence-corrected chi connectivity index (χ0v) is 19.0. The maximum atomic E-state index is 12.5. The lowest BCUT2D eigenvalue weighted by Gasteiger charge is -2.21. The van der Waals surface area contributed by atoms with Crippen molar-refractivity contribution < 1.29 is 22.4 Å². The average molecular weight is 468 g/mol. The van der Waals surface area contributed by atoms with E-state index >= 15 is 0 Å². The van der Waals surface area contributed by atoms with E-state index in [0.29, 0.717) is 29.7 Å². The molecule has 10 nitrogen and oxygen atoms in total. The van der Waals surface area contributed by atoms with Crippen LogP contribution in [0.25, 0.3) is 12.2 Å². The fourth-order valence-corrected chi connectivity index (χ4v) is 5.43. The fraction of sp³-hybridized carbons (Fsp3) is 0.474. The molecule has 0 saturated carbocycles. The number of hydrogen-bond acceptors (Lipinski definition) is 8. The van der Waals surface area contributed by atoms with Gasteiger partial charge in [-0.05, 0) is 44.6 Å². The Bertz CT molecular complexity index is 1060. The van der Waals surface area contributed by atoms with Crippen LogP contribution in [0.2, 0.25) is 0 Å². The lowest BCUT2D eigenvalue weighted by molar-refractivity contribution is -0.134. The number of rotatable bonds is 9. The predicted octanol–water partition coefficient (Wildman–Crippen LogP) is 1.12. The van der Waals surface area contributed by atoms with Gasteiger partial charge in [-0.1, -0.05) is 11.8 Å². The molecule has 2 aromatic rings. The summed E-state index contributed by atoms with van der Waals surface area (Å²) in [6.07, 6.45) is 3.90. The molecule has 2 amide bonds. The molecule has 3 rings (SSSR count). The van der Waals surface area contributed by atoms with Crippen molar-refractivity contribution in [1.29, 1.82) is 0 Å². The van der Waals surface area contributed by atoms with Gasteiger partial charge in [0.25, 0.3) is 0 Å². The van der Waals surface area contributed by atoms with E-state index in [1.807, 2.05) is 19.1 Å². The van der Waals surface area contributed by atoms with Gasteiger partial charge in [-0.15, -0.1) is 5.10 Å². The van der Waals surface area contributed by atoms with Crippen LogP contribution < -0.4 is 5.32 Å². The molecule has 0 radical (unpaired) electrons. The van der Waals surface area contributed by atoms with Gasteiger partial charge in [0, 0.05) is 12.6 Å². The number of H-pyrrole nitrogens is 1. The SMILES string of the molecule is CCN(CC(=O)N[C@@H]1CCS(=O)(=O)C1)C(=O)CSc1n[nH]c(/C=C\c2ccc(C)o2)n1. The molecule has 0 aromatic carbocycles. The second-order valence-electron chi connectivity index (χ2n) is 7.15. The number of nitrogens with zero attached hydrogens (tertiary/aromatic N) is 3. The third kappa shape index (κ3) is 6.96. The highest BCUT2D eigenvalue weighted by Crippen LogP contribution is 2.15. The highest BCUT2D eigenvalue weighted by Gasteiger charge is 2.29. The van der Waals surface area contributed by atoms with Crippen LogP contribution in [-0.2, 0) is 19.4 Å². The highest BCUT2D eigenvalue weighted by atomic mass is 32.2. The van der Waals surface area contributed by atoms with Crippen LogP contribution in [0.4, 0.5) is 0 Å². The quantitative estimate of drug-likeness (QED) is 0.523. The van der Waals surface area contributed by atoms with Crippen molar-refractivity contribution in [2.75, 3.05) is 30.3 Å². The van der Waals surface area contributed by atoms with Gasteiger partial charge in [0.2, 0.25) is 17.0 Å². The lowest BCUT2D eigenvalue weighted by Crippen LogP contribution is -2.45. The normalized spacial score (nSPS) is 17.8. The standard InChI is InChI=1S/C19H25N5O5S2/c1-3-24(10-17(25)20-14-8-9-31(27,28)12-14)18(26)11-30-19-21-16(22-23-19)7-6-15-5-4-13(2)29-15/h4-7,14H,3,8-12H2,1-2H3,(H,20,25)(H,21,22,23)/b7-6-/t14-/m1/s1. The molecule has 0 unspecified atom stereocenters. The van der Waals surface area contributed by atoms with Crippen molar-refractivity contribution in [2.45, 2.75) is 31.5 Å². The second kappa shape index (κ2) is 10.1. The first-order valence-electron chi connectivity index (χ1n) is 9.81. The number of nitrogens with one attached hydrogen (secondary N) is 2. The molecule has 1 fully saturated rings. The highest BCUT2D eigenvalue weighted by molar-refractivity contribution is 7.99. The van der Waals surface area contributed by atoms with E-state index < -0.39 is 9.84 Å². The minimum atomic E-state index is -3.07. The van der Waals surface area contributed by atoms with Crippen molar-refractivity contribution in [3.05, 3.63) is 29.5 Å². The molecule has 168 valence electrons. The number of carbonyl (C=O) groups excluding carboxylic acids is 2. The average Bonchev–Trinajstić information content (AvgIpc) is 3.42. The molecule has 0 aliphatic carbocycles. The van der Waals surface area contributed by atoms with Crippen LogP contribution in [0.5, 0.6) is 0 Å². The summed E-state index contributed by atoms with van der Waals surface area (Å²) >= 11 is 1.17. The first kappa shape index (κ1) is 23.1. The monoisotopic (exact) mass is 467 g/mol. The predicted molar refractivity (Wildman–Crippen MR) is 117 cm³/mol. The Kier molecular flexibility index (Phi) is 7.55. The van der Waals surface area contributed by atoms with Crippen molar-refractivity contribution in [1.82, 2.24) is 25.4 Å². The van der Waals surface area contributed by atoms with Gasteiger partial charge < -0.3 is 14.6 Å². The first-order chi connectivity index (χ1) is 14.7. The van der Waals surface area contributed by atoms with Crippen molar-refractivity contribution >= 4 is 45.6 Å². The van der Waals surface area contributed by atoms with E-state index in [2.05, 4.69) is 20.5 Å². The maximum Gasteiger partial charge on any atom is 0.239 e. The molecular formula is C19H25N5O5S2. The summed E-state index contributed by atoms with van der Waals surface area (Å²) in [5, 5.41) is 9.97. The number of carbonyl (C=O) groups is 2. The topological polar surface area (TPSA) is 138 Å². The Balaban J connectivity index is 1.46. The molecule has 1 aliphatic rings. The molecule has 0 bridgehead atoms. The summed E-state index contributed by atoms with van der Waals surface area (Å²) in [7, 11) is -3.07. The van der Waals surface area contributed by atoms with Crippen LogP contribution >= 0.6 is 11.8 Å². The van der Waals surface area contributed by atoms with E-state index in [1.54, 1.807) is 19.1 Å². The minimum absolute atomic E-state index is 0.0458. The Morgan fingerprint density at radius 2 is 2.19 bits per heavy atom. The number of aryl methyl sites for hydroxylation is 1. The third-order valence-electron chi connectivity index (χ3n) is 4.64. The molecule has 2 N–H and O–H groups in total. The van der Waals surface area contributed by atoms with Gasteiger partial charge in [0.15, 0.2) is 9.84 Å². The van der Waals surface area contributed by atoms with Gasteiger partial charge in [-0.3, -0.25) is 14.7 Å². The summed E-state index contributed by atoms with van der Waals surface area (Å²) in [6, 6.07) is 3.32. The number of likely N-dealkylation sites (N-methyl/N-ethyl adjacent to an activating group) is 1. The van der Waals surface area contributed by atoms with Crippen LogP contribution in [-0.4, -0.2) is 76.7 Å². The van der Waals surface area contributed by atoms with E-state index in [1.165, 1.54) is 16.7 Å². The number of aromatic nitrogens is 3. The van der Waals surface area contributed by atoms with Gasteiger partial charge in [0.1, 0.15) is 17.3 Å². The smallest absolute Gasteiger partial charge is 0.239 e. The number of sulfone groups is 1. The van der Waals surface area contributed by atoms with Crippen LogP contribution in [0.3, 0.4) is 0 Å². The largest absolute Gasteiger partial charge is 0.462 e. The number of amides is 2. The van der Waals surface area contributed by atoms with E-state index in [-0.39, 0.29) is 41.7 Å². The number of aromatic amines is 1. The molecule has 1 atom stereocenters. The summed E-state index contributed by atoms with van der Waals surface area (Å²) in [5.41, 5.74) is 0. The Morgan fingerprint density at radius 1 is 1.39 bits per heavy atom. The number of furan rings is 1. The Hall–Kier alpha value is -2.60. The molecule has 1 saturated heterocycles. The summed E-state index contributed by atoms with van der Waals surface area (Å²) in [6.45, 7) is 3.89. The van der Waals surface area contributed by atoms with Crippen LogP contribution in [0, 0.1) is 6.92 Å². The zero-order valence-electron chi connectivity index (χ0n) is 17.3. The number of thioether (sulfide) groups is 1. The summed E-state index contributed by atoms with van der Waals surface area (Å²) < 4.78 is 28.5. The van der Waals surface area contributed by atoms with Crippen LogP contribution in [0.1, 0.15) is 30.7 Å². The van der Waals surface area contributed by atoms with Gasteiger partial charge in [-0.2, -0.15) is 0 Å². The second-order valence-corrected chi connectivity index (χ2v) is 10.3. The molecule has 1 aliphatic heterocycles. The molecule has 31 heavy (non-hydrogen) atoms. The van der Waals surface area contributed by atoms with E-state index in [4.69, 9.17) is 4.42 Å². The molecule has 12 heteroatoms. The lowest BCUT2D eigenvalue weighted by atomic mass is 10.2. The van der Waals surface area contributed by atoms with E-state index in [0.717, 1.165) is 5.76 Å². The minimum Gasteiger partial charge on any atom is -0.462 e. The van der Waals surface area contributed by atoms with Gasteiger partial charge in [0.05, 0.1) is 23.8 Å². The van der Waals surface area contributed by atoms with Gasteiger partial charge >= 0.3 is 0 Å². The van der Waals surface area contributed by atoms with Crippen molar-refractivity contribution in [2.24, 2.45) is 0 Å². The number of hydrogen-bond donors (Lipinski definition) is 2. The molecule has 0 spiro atoms. The van der Waals surface area contributed by atoms with E-state index in [9.17, 15) is 18.0 Å². The maximum absolute atomic E-state index is 12.5. The Labute approximate surface area is 184 Å². The van der Waals surface area contributed by atoms with Gasteiger partial charge in [-0.25, -0.2) is 13.4 Å². The summed E-state index contributed by atoms with van der Waals surface area (Å²) in [5.74, 6) is 1.57. The molecule has 2 aromatic heterocycles. The first-order valence-corrected chi connectivity index (χ1v) is 12.6. The zero-order chi connectivity index (χ0) is 22.4. The fourth-order valence-electron chi connectivity index (χ4n) is 3.05.